The van der Waals surface area contributed by atoms with Crippen LogP contribution < -0.4 is 0 Å². The molecule has 1 atom stereocenters. The van der Waals surface area contributed by atoms with Crippen molar-refractivity contribution in [3.05, 3.63) is 17.5 Å². The average Bonchev–Trinajstić information content (AvgIpc) is 2.55. The standard InChI is InChI=1S/C12H17N3O3/c1-7-4-10(14(3)13-7)11(16)15-5-9(6-15)8(2)12(17)18/h4,8-9H,5-6H2,1-3H3,(H,17,18). The van der Waals surface area contributed by atoms with Gasteiger partial charge in [0.15, 0.2) is 0 Å². The monoisotopic (exact) mass is 251 g/mol. The minimum atomic E-state index is -0.802. The number of amides is 1. The van der Waals surface area contributed by atoms with Crippen molar-refractivity contribution in [1.29, 1.82) is 0 Å². The van der Waals surface area contributed by atoms with Gasteiger partial charge in [0.1, 0.15) is 5.69 Å². The van der Waals surface area contributed by atoms with E-state index in [-0.39, 0.29) is 11.8 Å². The fourth-order valence-corrected chi connectivity index (χ4v) is 2.17. The van der Waals surface area contributed by atoms with Crippen LogP contribution in [-0.2, 0) is 11.8 Å². The zero-order valence-electron chi connectivity index (χ0n) is 10.8. The van der Waals surface area contributed by atoms with Gasteiger partial charge in [-0.2, -0.15) is 5.10 Å². The topological polar surface area (TPSA) is 75.4 Å². The van der Waals surface area contributed by atoms with Crippen LogP contribution in [0.15, 0.2) is 6.07 Å². The molecule has 1 aromatic heterocycles. The van der Waals surface area contributed by atoms with E-state index < -0.39 is 11.9 Å². The Bertz CT molecular complexity index is 489. The highest BCUT2D eigenvalue weighted by atomic mass is 16.4. The minimum absolute atomic E-state index is 0.0563. The van der Waals surface area contributed by atoms with Crippen LogP contribution in [0.2, 0.25) is 0 Å². The van der Waals surface area contributed by atoms with E-state index in [1.807, 2.05) is 6.92 Å². The molecule has 1 fully saturated rings. The highest BCUT2D eigenvalue weighted by Crippen LogP contribution is 2.25. The number of likely N-dealkylation sites (tertiary alicyclic amines) is 1. The van der Waals surface area contributed by atoms with Crippen molar-refractivity contribution in [1.82, 2.24) is 14.7 Å². The first-order valence-corrected chi connectivity index (χ1v) is 5.93. The van der Waals surface area contributed by atoms with E-state index in [1.165, 1.54) is 0 Å². The molecule has 0 spiro atoms. The lowest BCUT2D eigenvalue weighted by Gasteiger charge is -2.41. The first-order chi connectivity index (χ1) is 8.40. The summed E-state index contributed by atoms with van der Waals surface area (Å²) in [5.41, 5.74) is 1.35. The molecule has 0 aromatic carbocycles. The molecular weight excluding hydrogens is 234 g/mol. The molecule has 98 valence electrons. The Morgan fingerprint density at radius 3 is 2.56 bits per heavy atom. The molecule has 18 heavy (non-hydrogen) atoms. The summed E-state index contributed by atoms with van der Waals surface area (Å²) in [4.78, 5) is 24.6. The van der Waals surface area contributed by atoms with Crippen LogP contribution in [0, 0.1) is 18.8 Å². The third-order valence-electron chi connectivity index (χ3n) is 3.51. The van der Waals surface area contributed by atoms with Crippen molar-refractivity contribution >= 4 is 11.9 Å². The summed E-state index contributed by atoms with van der Waals surface area (Å²) in [7, 11) is 1.73. The van der Waals surface area contributed by atoms with Crippen LogP contribution in [0.1, 0.15) is 23.1 Å². The SMILES string of the molecule is Cc1cc(C(=O)N2CC(C(C)C(=O)O)C2)n(C)n1. The molecule has 0 saturated carbocycles. The minimum Gasteiger partial charge on any atom is -0.481 e. The lowest BCUT2D eigenvalue weighted by molar-refractivity contribution is -0.144. The van der Waals surface area contributed by atoms with Gasteiger partial charge < -0.3 is 10.0 Å². The number of hydrogen-bond donors (Lipinski definition) is 1. The van der Waals surface area contributed by atoms with Gasteiger partial charge in [-0.05, 0) is 13.0 Å². The second-order valence-electron chi connectivity index (χ2n) is 4.89. The van der Waals surface area contributed by atoms with E-state index >= 15 is 0 Å². The summed E-state index contributed by atoms with van der Waals surface area (Å²) >= 11 is 0. The Morgan fingerprint density at radius 1 is 1.50 bits per heavy atom. The molecule has 1 N–H and O–H groups in total. The highest BCUT2D eigenvalue weighted by Gasteiger charge is 2.38. The molecule has 1 unspecified atom stereocenters. The van der Waals surface area contributed by atoms with Crippen LogP contribution in [-0.4, -0.2) is 44.8 Å². The number of carboxylic acids is 1. The summed E-state index contributed by atoms with van der Waals surface area (Å²) in [6.07, 6.45) is 0. The Kier molecular flexibility index (Phi) is 3.11. The van der Waals surface area contributed by atoms with E-state index in [1.54, 1.807) is 29.6 Å². The number of rotatable bonds is 3. The first-order valence-electron chi connectivity index (χ1n) is 5.93. The molecular formula is C12H17N3O3. The Hall–Kier alpha value is -1.85. The number of aryl methyl sites for hydroxylation is 2. The van der Waals surface area contributed by atoms with E-state index in [9.17, 15) is 9.59 Å². The summed E-state index contributed by atoms with van der Waals surface area (Å²) < 4.78 is 1.56. The van der Waals surface area contributed by atoms with Crippen molar-refractivity contribution in [2.24, 2.45) is 18.9 Å². The van der Waals surface area contributed by atoms with Gasteiger partial charge in [0, 0.05) is 26.1 Å². The zero-order valence-corrected chi connectivity index (χ0v) is 10.8. The molecule has 0 bridgehead atoms. The third-order valence-corrected chi connectivity index (χ3v) is 3.51. The van der Waals surface area contributed by atoms with E-state index in [2.05, 4.69) is 5.10 Å². The zero-order chi connectivity index (χ0) is 13.4. The lowest BCUT2D eigenvalue weighted by atomic mass is 9.87. The van der Waals surface area contributed by atoms with Crippen molar-refractivity contribution < 1.29 is 14.7 Å². The van der Waals surface area contributed by atoms with Gasteiger partial charge in [-0.25, -0.2) is 0 Å². The summed E-state index contributed by atoms with van der Waals surface area (Å²) in [6.45, 7) is 4.54. The molecule has 6 heteroatoms. The number of carboxylic acid groups (broad SMARTS) is 1. The number of aromatic nitrogens is 2. The van der Waals surface area contributed by atoms with Gasteiger partial charge >= 0.3 is 5.97 Å². The van der Waals surface area contributed by atoms with Crippen LogP contribution >= 0.6 is 0 Å². The Labute approximate surface area is 105 Å². The Balaban J connectivity index is 1.98. The largest absolute Gasteiger partial charge is 0.481 e. The fourth-order valence-electron chi connectivity index (χ4n) is 2.17. The van der Waals surface area contributed by atoms with Crippen molar-refractivity contribution in [3.8, 4) is 0 Å². The van der Waals surface area contributed by atoms with Crippen LogP contribution in [0.3, 0.4) is 0 Å². The predicted octanol–water partition coefficient (Wildman–Crippen LogP) is 0.521. The molecule has 2 heterocycles. The summed E-state index contributed by atoms with van der Waals surface area (Å²) in [5, 5.41) is 13.0. The lowest BCUT2D eigenvalue weighted by Crippen LogP contribution is -2.53. The van der Waals surface area contributed by atoms with Crippen molar-refractivity contribution in [2.45, 2.75) is 13.8 Å². The maximum Gasteiger partial charge on any atom is 0.306 e. The number of nitrogens with zero attached hydrogens (tertiary/aromatic N) is 3. The van der Waals surface area contributed by atoms with Crippen LogP contribution in [0.25, 0.3) is 0 Å². The third kappa shape index (κ3) is 2.10. The van der Waals surface area contributed by atoms with Gasteiger partial charge in [0.05, 0.1) is 11.6 Å². The molecule has 1 amide bonds. The highest BCUT2D eigenvalue weighted by molar-refractivity contribution is 5.93. The van der Waals surface area contributed by atoms with Crippen LogP contribution in [0.4, 0.5) is 0 Å². The molecule has 0 aliphatic carbocycles. The van der Waals surface area contributed by atoms with Crippen LogP contribution in [0.5, 0.6) is 0 Å². The maximum absolute atomic E-state index is 12.1. The van der Waals surface area contributed by atoms with Gasteiger partial charge in [-0.3, -0.25) is 14.3 Å². The number of aliphatic carboxylic acids is 1. The van der Waals surface area contributed by atoms with Gasteiger partial charge in [0.25, 0.3) is 5.91 Å². The second-order valence-corrected chi connectivity index (χ2v) is 4.89. The second kappa shape index (κ2) is 4.44. The number of carbonyl (C=O) groups excluding carboxylic acids is 1. The van der Waals surface area contributed by atoms with E-state index in [0.29, 0.717) is 18.8 Å². The molecule has 0 radical (unpaired) electrons. The fraction of sp³-hybridized carbons (Fsp3) is 0.583. The van der Waals surface area contributed by atoms with Gasteiger partial charge in [0.2, 0.25) is 0 Å². The molecule has 1 saturated heterocycles. The van der Waals surface area contributed by atoms with E-state index in [4.69, 9.17) is 5.11 Å². The quantitative estimate of drug-likeness (QED) is 0.849. The van der Waals surface area contributed by atoms with Gasteiger partial charge in [-0.1, -0.05) is 6.92 Å². The number of carbonyl (C=O) groups is 2. The molecule has 2 rings (SSSR count). The molecule has 6 nitrogen and oxygen atoms in total. The Morgan fingerprint density at radius 2 is 2.11 bits per heavy atom. The van der Waals surface area contributed by atoms with Crippen molar-refractivity contribution in [3.63, 3.8) is 0 Å². The first kappa shape index (κ1) is 12.6. The summed E-state index contributed by atoms with van der Waals surface area (Å²) in [5.74, 6) is -1.22. The van der Waals surface area contributed by atoms with Crippen molar-refractivity contribution in [2.75, 3.05) is 13.1 Å². The predicted molar refractivity (Wildman–Crippen MR) is 64.1 cm³/mol. The van der Waals surface area contributed by atoms with E-state index in [0.717, 1.165) is 5.69 Å². The van der Waals surface area contributed by atoms with Gasteiger partial charge in [-0.15, -0.1) is 0 Å². The average molecular weight is 251 g/mol. The normalized spacial score (nSPS) is 17.4. The molecule has 1 aliphatic rings. The molecule has 1 aliphatic heterocycles. The molecule has 1 aromatic rings. The maximum atomic E-state index is 12.1. The smallest absolute Gasteiger partial charge is 0.306 e. The number of hydrogen-bond acceptors (Lipinski definition) is 3. The summed E-state index contributed by atoms with van der Waals surface area (Å²) in [6, 6.07) is 1.75.